The number of nitrogens with zero attached hydrogens (tertiary/aromatic N) is 5. The largest absolute Gasteiger partial charge is 0.337 e. The first-order valence-electron chi connectivity index (χ1n) is 11.9. The Morgan fingerprint density at radius 2 is 1.58 bits per heavy atom. The van der Waals surface area contributed by atoms with Crippen LogP contribution in [0.25, 0.3) is 16.9 Å². The number of aromatic nitrogens is 3. The van der Waals surface area contributed by atoms with Crippen molar-refractivity contribution in [3.8, 4) is 11.3 Å². The van der Waals surface area contributed by atoms with E-state index in [4.69, 9.17) is 0 Å². The average Bonchev–Trinajstić information content (AvgIpc) is 3.30. The molecular formula is C27H26F3N5O. The Hall–Kier alpha value is -3.88. The van der Waals surface area contributed by atoms with E-state index in [0.717, 1.165) is 48.2 Å². The number of rotatable bonds is 4. The highest BCUT2D eigenvalue weighted by Gasteiger charge is 2.24. The Kier molecular flexibility index (Phi) is 6.15. The Balaban J connectivity index is 1.70. The molecule has 0 aliphatic carbocycles. The molecule has 0 saturated carbocycles. The van der Waals surface area contributed by atoms with Crippen LogP contribution in [-0.4, -0.2) is 45.5 Å². The number of piperidine rings is 1. The number of amides is 1. The van der Waals surface area contributed by atoms with Gasteiger partial charge in [0.2, 0.25) is 0 Å². The van der Waals surface area contributed by atoms with E-state index >= 15 is 0 Å². The summed E-state index contributed by atoms with van der Waals surface area (Å²) in [5.74, 6) is -3.78. The van der Waals surface area contributed by atoms with Crippen LogP contribution in [0, 0.1) is 31.3 Å². The lowest BCUT2D eigenvalue weighted by molar-refractivity contribution is 0.0718. The van der Waals surface area contributed by atoms with Crippen molar-refractivity contribution in [2.24, 2.45) is 0 Å². The van der Waals surface area contributed by atoms with Crippen LogP contribution in [-0.2, 0) is 0 Å². The number of benzene rings is 2. The van der Waals surface area contributed by atoms with Crippen molar-refractivity contribution < 1.29 is 18.0 Å². The molecule has 0 bridgehead atoms. The predicted octanol–water partition coefficient (Wildman–Crippen LogP) is 5.82. The maximum atomic E-state index is 14.1. The van der Waals surface area contributed by atoms with Crippen LogP contribution in [0.4, 0.5) is 24.7 Å². The number of hydrogen-bond donors (Lipinski definition) is 0. The summed E-state index contributed by atoms with van der Waals surface area (Å²) in [5.41, 5.74) is 3.84. The molecule has 1 saturated heterocycles. The zero-order chi connectivity index (χ0) is 25.6. The minimum atomic E-state index is -1.54. The van der Waals surface area contributed by atoms with E-state index in [1.54, 1.807) is 21.5 Å². The van der Waals surface area contributed by atoms with Crippen molar-refractivity contribution in [3.63, 3.8) is 0 Å². The summed E-state index contributed by atoms with van der Waals surface area (Å²) in [7, 11) is 1.85. The van der Waals surface area contributed by atoms with Crippen molar-refractivity contribution in [1.29, 1.82) is 0 Å². The van der Waals surface area contributed by atoms with E-state index in [0.29, 0.717) is 24.6 Å². The molecule has 0 unspecified atom stereocenters. The number of hydrogen-bond acceptors (Lipinski definition) is 4. The molecule has 2 aromatic carbocycles. The third-order valence-corrected chi connectivity index (χ3v) is 6.67. The minimum Gasteiger partial charge on any atom is -0.337 e. The molecule has 0 N–H and O–H groups in total. The second kappa shape index (κ2) is 9.29. The highest BCUT2D eigenvalue weighted by molar-refractivity contribution is 5.93. The molecule has 36 heavy (non-hydrogen) atoms. The second-order valence-electron chi connectivity index (χ2n) is 9.21. The van der Waals surface area contributed by atoms with Crippen LogP contribution in [0.5, 0.6) is 0 Å². The molecular weight excluding hydrogens is 467 g/mol. The zero-order valence-corrected chi connectivity index (χ0v) is 20.4. The summed E-state index contributed by atoms with van der Waals surface area (Å²) in [6, 6.07) is 11.0. The zero-order valence-electron chi connectivity index (χ0n) is 20.4. The number of aryl methyl sites for hydroxylation is 2. The van der Waals surface area contributed by atoms with E-state index in [2.05, 4.69) is 10.1 Å². The molecule has 0 atom stereocenters. The molecule has 1 aliphatic heterocycles. The maximum Gasteiger partial charge on any atom is 0.274 e. The Labute approximate surface area is 207 Å². The summed E-state index contributed by atoms with van der Waals surface area (Å²) < 4.78 is 43.3. The summed E-state index contributed by atoms with van der Waals surface area (Å²) >= 11 is 0. The highest BCUT2D eigenvalue weighted by atomic mass is 19.2. The fraction of sp³-hybridized carbons (Fsp3) is 0.296. The van der Waals surface area contributed by atoms with Gasteiger partial charge in [0, 0.05) is 43.5 Å². The number of fused-ring (bicyclic) bond motifs is 1. The summed E-state index contributed by atoms with van der Waals surface area (Å²) in [5, 5.41) is 4.59. The van der Waals surface area contributed by atoms with Crippen LogP contribution in [0.3, 0.4) is 0 Å². The van der Waals surface area contributed by atoms with Gasteiger partial charge in [0.05, 0.1) is 5.69 Å². The van der Waals surface area contributed by atoms with Gasteiger partial charge in [0.25, 0.3) is 5.91 Å². The van der Waals surface area contributed by atoms with Gasteiger partial charge < -0.3 is 9.80 Å². The third kappa shape index (κ3) is 4.19. The first kappa shape index (κ1) is 23.8. The Morgan fingerprint density at radius 1 is 0.944 bits per heavy atom. The van der Waals surface area contributed by atoms with Crippen molar-refractivity contribution in [2.45, 2.75) is 33.1 Å². The van der Waals surface area contributed by atoms with Crippen molar-refractivity contribution in [1.82, 2.24) is 19.5 Å². The lowest BCUT2D eigenvalue weighted by Crippen LogP contribution is -2.35. The van der Waals surface area contributed by atoms with E-state index in [1.165, 1.54) is 0 Å². The summed E-state index contributed by atoms with van der Waals surface area (Å²) in [6.07, 6.45) is 2.99. The lowest BCUT2D eigenvalue weighted by Gasteiger charge is -2.26. The quantitative estimate of drug-likeness (QED) is 0.336. The first-order valence-corrected chi connectivity index (χ1v) is 11.9. The van der Waals surface area contributed by atoms with Gasteiger partial charge in [-0.2, -0.15) is 9.61 Å². The number of carbonyl (C=O) groups is 1. The lowest BCUT2D eigenvalue weighted by atomic mass is 10.1. The molecule has 6 nitrogen and oxygen atoms in total. The average molecular weight is 494 g/mol. The molecule has 9 heteroatoms. The molecule has 186 valence electrons. The third-order valence-electron chi connectivity index (χ3n) is 6.67. The van der Waals surface area contributed by atoms with Crippen molar-refractivity contribution in [2.75, 3.05) is 25.0 Å². The van der Waals surface area contributed by atoms with Crippen LogP contribution in [0.2, 0.25) is 0 Å². The van der Waals surface area contributed by atoms with E-state index < -0.39 is 17.5 Å². The fourth-order valence-electron chi connectivity index (χ4n) is 4.86. The van der Waals surface area contributed by atoms with Gasteiger partial charge in [-0.3, -0.25) is 4.79 Å². The van der Waals surface area contributed by atoms with E-state index in [9.17, 15) is 18.0 Å². The van der Waals surface area contributed by atoms with Crippen molar-refractivity contribution in [3.05, 3.63) is 76.7 Å². The van der Waals surface area contributed by atoms with Crippen LogP contribution in [0.15, 0.2) is 42.5 Å². The normalized spacial score (nSPS) is 13.9. The topological polar surface area (TPSA) is 53.7 Å². The maximum absolute atomic E-state index is 14.1. The number of carbonyl (C=O) groups excluding carboxylic acids is 1. The molecule has 1 fully saturated rings. The number of likely N-dealkylation sites (tertiary alicyclic amines) is 1. The smallest absolute Gasteiger partial charge is 0.274 e. The SMILES string of the molecule is Cc1cccc(C)c1N(C)c1cc(-c2cc(F)c(F)c(F)c2)nc2cc(C(=O)N3CCCCC3)nn12. The number of anilines is 2. The van der Waals surface area contributed by atoms with Crippen LogP contribution < -0.4 is 4.90 Å². The van der Waals surface area contributed by atoms with E-state index in [-0.39, 0.29) is 22.9 Å². The molecule has 2 aromatic heterocycles. The van der Waals surface area contributed by atoms with Crippen LogP contribution >= 0.6 is 0 Å². The van der Waals surface area contributed by atoms with Crippen molar-refractivity contribution >= 4 is 23.1 Å². The van der Waals surface area contributed by atoms with Gasteiger partial charge >= 0.3 is 0 Å². The Morgan fingerprint density at radius 3 is 2.22 bits per heavy atom. The minimum absolute atomic E-state index is 0.0789. The molecule has 1 aliphatic rings. The predicted molar refractivity (Wildman–Crippen MR) is 132 cm³/mol. The number of halogens is 3. The number of para-hydroxylation sites is 1. The second-order valence-corrected chi connectivity index (χ2v) is 9.21. The van der Waals surface area contributed by atoms with Gasteiger partial charge in [-0.25, -0.2) is 18.2 Å². The summed E-state index contributed by atoms with van der Waals surface area (Å²) in [4.78, 5) is 21.4. The van der Waals surface area contributed by atoms with Gasteiger partial charge in [-0.05, 0) is 56.4 Å². The summed E-state index contributed by atoms with van der Waals surface area (Å²) in [6.45, 7) is 5.32. The first-order chi connectivity index (χ1) is 17.2. The van der Waals surface area contributed by atoms with Gasteiger partial charge in [-0.15, -0.1) is 0 Å². The molecule has 5 rings (SSSR count). The monoisotopic (exact) mass is 493 g/mol. The van der Waals surface area contributed by atoms with Gasteiger partial charge in [0.15, 0.2) is 28.8 Å². The van der Waals surface area contributed by atoms with Crippen LogP contribution in [0.1, 0.15) is 40.9 Å². The standard InChI is InChI=1S/C27H26F3N5O/c1-16-8-7-9-17(2)26(16)33(3)24-15-21(18-12-19(28)25(30)20(29)13-18)31-23-14-22(32-35(23)24)27(36)34-10-5-4-6-11-34/h7-9,12-15H,4-6,10-11H2,1-3H3. The highest BCUT2D eigenvalue weighted by Crippen LogP contribution is 2.33. The molecule has 1 amide bonds. The van der Waals surface area contributed by atoms with E-state index in [1.807, 2.05) is 44.0 Å². The molecule has 0 spiro atoms. The van der Waals surface area contributed by atoms with Gasteiger partial charge in [-0.1, -0.05) is 18.2 Å². The van der Waals surface area contributed by atoms with Gasteiger partial charge in [0.1, 0.15) is 5.82 Å². The molecule has 0 radical (unpaired) electrons. The molecule has 3 heterocycles. The fourth-order valence-corrected chi connectivity index (χ4v) is 4.86. The molecule has 4 aromatic rings. The Bertz CT molecular complexity index is 1430.